The molecule has 0 unspecified atom stereocenters. The van der Waals surface area contributed by atoms with Gasteiger partial charge < -0.3 is 29.7 Å². The Labute approximate surface area is 188 Å². The van der Waals surface area contributed by atoms with E-state index in [1.165, 1.54) is 0 Å². The van der Waals surface area contributed by atoms with Crippen LogP contribution in [0.4, 0.5) is 0 Å². The van der Waals surface area contributed by atoms with Gasteiger partial charge in [0.15, 0.2) is 0 Å². The van der Waals surface area contributed by atoms with Crippen molar-refractivity contribution in [1.29, 1.82) is 0 Å². The van der Waals surface area contributed by atoms with Gasteiger partial charge in [0.05, 0.1) is 24.9 Å². The molecule has 0 rings (SSSR count). The lowest BCUT2D eigenvalue weighted by Crippen LogP contribution is -2.51. The molecule has 0 fully saturated rings. The van der Waals surface area contributed by atoms with Gasteiger partial charge in [0.1, 0.15) is 6.61 Å². The maximum atomic E-state index is 12.2. The molecule has 1 amide bonds. The van der Waals surface area contributed by atoms with Gasteiger partial charge in [0, 0.05) is 18.4 Å². The molecule has 0 aromatic carbocycles. The molecular formula is C23H45NO7. The average molecular weight is 448 g/mol. The molecular weight excluding hydrogens is 402 g/mol. The first-order valence-electron chi connectivity index (χ1n) is 11.0. The summed E-state index contributed by atoms with van der Waals surface area (Å²) >= 11 is 0. The van der Waals surface area contributed by atoms with Crippen molar-refractivity contribution in [3.63, 3.8) is 0 Å². The molecule has 0 aliphatic heterocycles. The second-order valence-corrected chi connectivity index (χ2v) is 11.3. The third kappa shape index (κ3) is 15.3. The fourth-order valence-corrected chi connectivity index (χ4v) is 3.02. The lowest BCUT2D eigenvalue weighted by atomic mass is 9.89. The number of rotatable bonds is 12. The Kier molecular flexibility index (Phi) is 11.7. The minimum absolute atomic E-state index is 0.0421. The normalized spacial score (nSPS) is 14.3. The van der Waals surface area contributed by atoms with Crippen molar-refractivity contribution in [1.82, 2.24) is 5.32 Å². The molecule has 31 heavy (non-hydrogen) atoms. The van der Waals surface area contributed by atoms with Crippen molar-refractivity contribution in [2.24, 2.45) is 5.41 Å². The number of aliphatic hydroxyl groups excluding tert-OH is 2. The second-order valence-electron chi connectivity index (χ2n) is 11.3. The molecule has 3 N–H and O–H groups in total. The number of carbonyl (C=O) groups is 2. The topological polar surface area (TPSA) is 114 Å². The minimum atomic E-state index is -1.61. The number of hydrogen-bond acceptors (Lipinski definition) is 7. The summed E-state index contributed by atoms with van der Waals surface area (Å²) < 4.78 is 17.2. The van der Waals surface area contributed by atoms with Crippen LogP contribution in [0.15, 0.2) is 0 Å². The Hall–Kier alpha value is -1.22. The van der Waals surface area contributed by atoms with E-state index in [9.17, 15) is 19.8 Å². The summed E-state index contributed by atoms with van der Waals surface area (Å²) in [4.78, 5) is 24.0. The van der Waals surface area contributed by atoms with Crippen LogP contribution in [0.3, 0.4) is 0 Å². The minimum Gasteiger partial charge on any atom is -0.463 e. The van der Waals surface area contributed by atoms with Crippen LogP contribution in [0.2, 0.25) is 0 Å². The number of amides is 1. The molecule has 0 spiro atoms. The van der Waals surface area contributed by atoms with Gasteiger partial charge in [-0.3, -0.25) is 9.59 Å². The van der Waals surface area contributed by atoms with E-state index in [0.29, 0.717) is 12.8 Å². The number of aliphatic hydroxyl groups is 2. The Bertz CT molecular complexity index is 552. The van der Waals surface area contributed by atoms with Crippen LogP contribution in [0.1, 0.15) is 88.0 Å². The van der Waals surface area contributed by atoms with Crippen molar-refractivity contribution in [2.45, 2.75) is 111 Å². The Morgan fingerprint density at radius 1 is 0.903 bits per heavy atom. The zero-order valence-corrected chi connectivity index (χ0v) is 21.0. The van der Waals surface area contributed by atoms with Crippen LogP contribution < -0.4 is 5.32 Å². The molecule has 0 bridgehead atoms. The Morgan fingerprint density at radius 3 is 1.87 bits per heavy atom. The zero-order valence-electron chi connectivity index (χ0n) is 21.0. The molecule has 0 saturated carbocycles. The summed E-state index contributed by atoms with van der Waals surface area (Å²) in [6, 6.07) is 0. The van der Waals surface area contributed by atoms with Crippen LogP contribution in [0, 0.1) is 5.41 Å². The largest absolute Gasteiger partial charge is 0.463 e. The van der Waals surface area contributed by atoms with Crippen molar-refractivity contribution in [3.05, 3.63) is 0 Å². The molecule has 0 radical (unpaired) electrons. The lowest BCUT2D eigenvalue weighted by molar-refractivity contribution is -0.325. The zero-order chi connectivity index (χ0) is 24.5. The molecule has 1 atom stereocenters. The van der Waals surface area contributed by atoms with Gasteiger partial charge in [-0.25, -0.2) is 0 Å². The fourth-order valence-electron chi connectivity index (χ4n) is 3.02. The lowest BCUT2D eigenvalue weighted by Gasteiger charge is -2.40. The summed E-state index contributed by atoms with van der Waals surface area (Å²) in [7, 11) is 0. The third-order valence-electron chi connectivity index (χ3n) is 3.92. The first-order chi connectivity index (χ1) is 13.9. The fraction of sp³-hybridized carbons (Fsp3) is 0.913. The number of nitrogens with one attached hydrogen (secondary N) is 1. The van der Waals surface area contributed by atoms with Crippen LogP contribution in [-0.4, -0.2) is 64.9 Å². The third-order valence-corrected chi connectivity index (χ3v) is 3.92. The summed E-state index contributed by atoms with van der Waals surface area (Å²) in [5, 5.41) is 22.6. The van der Waals surface area contributed by atoms with Crippen molar-refractivity contribution in [2.75, 3.05) is 19.8 Å². The van der Waals surface area contributed by atoms with Gasteiger partial charge in [-0.05, 0) is 59.8 Å². The molecule has 8 nitrogen and oxygen atoms in total. The molecule has 0 heterocycles. The van der Waals surface area contributed by atoms with E-state index in [0.717, 1.165) is 0 Å². The van der Waals surface area contributed by atoms with Gasteiger partial charge in [0.25, 0.3) is 0 Å². The summed E-state index contributed by atoms with van der Waals surface area (Å²) in [6.45, 7) is 16.0. The molecule has 8 heteroatoms. The van der Waals surface area contributed by atoms with E-state index < -0.39 is 36.7 Å². The highest BCUT2D eigenvalue weighted by Crippen LogP contribution is 2.29. The van der Waals surface area contributed by atoms with Crippen LogP contribution in [0.5, 0.6) is 0 Å². The van der Waals surface area contributed by atoms with Crippen LogP contribution in [-0.2, 0) is 23.8 Å². The smallest absolute Gasteiger partial charge is 0.305 e. The SMILES string of the molecule is CC(C)(C)C[C@H](COC(=O)CCCC(=O)NC(C)(C)C)OC(CO)(CO)OC(C)(C)C. The monoisotopic (exact) mass is 447 g/mol. The number of carbonyl (C=O) groups excluding carboxylic acids is 2. The predicted octanol–water partition coefficient (Wildman–Crippen LogP) is 2.93. The van der Waals surface area contributed by atoms with E-state index >= 15 is 0 Å². The quantitative estimate of drug-likeness (QED) is 0.311. The second kappa shape index (κ2) is 12.1. The molecule has 0 aromatic rings. The first kappa shape index (κ1) is 29.8. The molecule has 0 aromatic heterocycles. The highest BCUT2D eigenvalue weighted by Gasteiger charge is 2.39. The highest BCUT2D eigenvalue weighted by molar-refractivity contribution is 5.77. The number of esters is 1. The maximum absolute atomic E-state index is 12.2. The standard InChI is InChI=1S/C23H45NO7/c1-20(2,3)13-17(30-23(15-25,16-26)31-22(7,8)9)14-29-19(28)12-10-11-18(27)24-21(4,5)6/h17,25-26H,10-16H2,1-9H3,(H,24,27)/t17-/m1/s1. The average Bonchev–Trinajstić information content (AvgIpc) is 2.54. The van der Waals surface area contributed by atoms with Crippen molar-refractivity contribution in [3.8, 4) is 0 Å². The maximum Gasteiger partial charge on any atom is 0.305 e. The van der Waals surface area contributed by atoms with Crippen molar-refractivity contribution >= 4 is 11.9 Å². The van der Waals surface area contributed by atoms with E-state index in [4.69, 9.17) is 14.2 Å². The van der Waals surface area contributed by atoms with E-state index in [-0.39, 0.29) is 36.3 Å². The van der Waals surface area contributed by atoms with E-state index in [1.54, 1.807) is 20.8 Å². The highest BCUT2D eigenvalue weighted by atomic mass is 16.7. The van der Waals surface area contributed by atoms with Crippen LogP contribution in [0.25, 0.3) is 0 Å². The van der Waals surface area contributed by atoms with Crippen LogP contribution >= 0.6 is 0 Å². The predicted molar refractivity (Wildman–Crippen MR) is 119 cm³/mol. The number of hydrogen-bond donors (Lipinski definition) is 3. The summed E-state index contributed by atoms with van der Waals surface area (Å²) in [6.07, 6.45) is 0.670. The van der Waals surface area contributed by atoms with Gasteiger partial charge in [-0.2, -0.15) is 0 Å². The molecule has 0 saturated heterocycles. The molecule has 184 valence electrons. The summed E-state index contributed by atoms with van der Waals surface area (Å²) in [5.41, 5.74) is -1.13. The van der Waals surface area contributed by atoms with E-state index in [1.807, 2.05) is 41.5 Å². The summed E-state index contributed by atoms with van der Waals surface area (Å²) in [5.74, 6) is -2.14. The number of ether oxygens (including phenoxy) is 3. The molecule has 0 aliphatic carbocycles. The van der Waals surface area contributed by atoms with Gasteiger partial charge in [-0.1, -0.05) is 20.8 Å². The first-order valence-corrected chi connectivity index (χ1v) is 11.0. The van der Waals surface area contributed by atoms with Gasteiger partial charge in [-0.15, -0.1) is 0 Å². The Morgan fingerprint density at radius 2 is 1.45 bits per heavy atom. The van der Waals surface area contributed by atoms with Gasteiger partial charge >= 0.3 is 5.97 Å². The van der Waals surface area contributed by atoms with Crippen molar-refractivity contribution < 1.29 is 34.0 Å². The molecule has 0 aliphatic rings. The van der Waals surface area contributed by atoms with Gasteiger partial charge in [0.2, 0.25) is 11.7 Å². The Balaban J connectivity index is 4.91. The van der Waals surface area contributed by atoms with E-state index in [2.05, 4.69) is 5.32 Å².